The van der Waals surface area contributed by atoms with E-state index in [1.165, 1.54) is 12.8 Å². The fourth-order valence-electron chi connectivity index (χ4n) is 3.59. The quantitative estimate of drug-likeness (QED) is 0.643. The number of aromatic amines is 1. The van der Waals surface area contributed by atoms with Crippen molar-refractivity contribution in [2.24, 2.45) is 0 Å². The Balaban J connectivity index is 1.45. The zero-order valence-electron chi connectivity index (χ0n) is 18.7. The third-order valence-corrected chi connectivity index (χ3v) is 5.29. The molecule has 0 aromatic carbocycles. The van der Waals surface area contributed by atoms with E-state index in [-0.39, 0.29) is 6.04 Å². The average molecular weight is 426 g/mol. The number of allylic oxidation sites excluding steroid dienone is 1. The summed E-state index contributed by atoms with van der Waals surface area (Å²) in [6.07, 6.45) is 4.62. The van der Waals surface area contributed by atoms with Crippen molar-refractivity contribution in [1.29, 1.82) is 0 Å². The maximum absolute atomic E-state index is 12.1. The largest absolute Gasteiger partial charge is 0.444 e. The van der Waals surface area contributed by atoms with Gasteiger partial charge in [0.2, 0.25) is 5.95 Å². The Labute approximate surface area is 182 Å². The number of hydrogen-bond donors (Lipinski definition) is 3. The highest BCUT2D eigenvalue weighted by atomic mass is 16.6. The molecular weight excluding hydrogens is 394 g/mol. The van der Waals surface area contributed by atoms with E-state index < -0.39 is 11.7 Å². The first-order valence-electron chi connectivity index (χ1n) is 10.8. The number of carbonyl (C=O) groups excluding carboxylic acids is 1. The van der Waals surface area contributed by atoms with Gasteiger partial charge in [0, 0.05) is 42.5 Å². The first kappa shape index (κ1) is 21.1. The molecule has 1 saturated heterocycles. The molecule has 3 N–H and O–H groups in total. The van der Waals surface area contributed by atoms with Crippen LogP contribution in [0.2, 0.25) is 0 Å². The molecule has 2 aliphatic rings. The van der Waals surface area contributed by atoms with Crippen molar-refractivity contribution in [1.82, 2.24) is 25.5 Å². The molecule has 31 heavy (non-hydrogen) atoms. The molecule has 3 heterocycles. The van der Waals surface area contributed by atoms with Gasteiger partial charge in [-0.1, -0.05) is 6.58 Å². The smallest absolute Gasteiger partial charge is 0.407 e. The monoisotopic (exact) mass is 425 g/mol. The number of nitrogens with one attached hydrogen (secondary N) is 3. The minimum Gasteiger partial charge on any atom is -0.444 e. The molecule has 1 aliphatic carbocycles. The van der Waals surface area contributed by atoms with Crippen LogP contribution >= 0.6 is 0 Å². The summed E-state index contributed by atoms with van der Waals surface area (Å²) >= 11 is 0. The number of alkyl carbamates (subject to hydrolysis) is 1. The third-order valence-electron chi connectivity index (χ3n) is 5.29. The minimum absolute atomic E-state index is 0.0110. The van der Waals surface area contributed by atoms with E-state index in [2.05, 4.69) is 37.3 Å². The van der Waals surface area contributed by atoms with Gasteiger partial charge >= 0.3 is 6.09 Å². The van der Waals surface area contributed by atoms with Crippen molar-refractivity contribution in [3.63, 3.8) is 0 Å². The predicted octanol–water partition coefficient (Wildman–Crippen LogP) is 3.96. The summed E-state index contributed by atoms with van der Waals surface area (Å²) in [6.45, 7) is 12.9. The van der Waals surface area contributed by atoms with Gasteiger partial charge in [0.25, 0.3) is 0 Å². The first-order valence-corrected chi connectivity index (χ1v) is 10.8. The maximum Gasteiger partial charge on any atom is 0.407 e. The van der Waals surface area contributed by atoms with Gasteiger partial charge in [-0.05, 0) is 52.5 Å². The van der Waals surface area contributed by atoms with Crippen molar-refractivity contribution in [2.45, 2.75) is 64.5 Å². The van der Waals surface area contributed by atoms with Crippen LogP contribution in [0.15, 0.2) is 18.8 Å². The lowest BCUT2D eigenvalue weighted by molar-refractivity contribution is 0.0509. The molecule has 9 nitrogen and oxygen atoms in total. The van der Waals surface area contributed by atoms with E-state index in [1.807, 2.05) is 33.8 Å². The molecule has 1 atom stereocenters. The van der Waals surface area contributed by atoms with Crippen LogP contribution in [0.1, 0.15) is 64.1 Å². The molecule has 2 aromatic heterocycles. The molecule has 166 valence electrons. The van der Waals surface area contributed by atoms with Gasteiger partial charge < -0.3 is 20.3 Å². The maximum atomic E-state index is 12.1. The number of nitrogens with zero attached hydrogens (tertiary/aromatic N) is 4. The van der Waals surface area contributed by atoms with E-state index in [9.17, 15) is 4.79 Å². The van der Waals surface area contributed by atoms with Crippen LogP contribution in [-0.4, -0.2) is 51.0 Å². The van der Waals surface area contributed by atoms with Gasteiger partial charge in [0.05, 0.1) is 6.04 Å². The van der Waals surface area contributed by atoms with Crippen LogP contribution in [0.4, 0.5) is 22.4 Å². The van der Waals surface area contributed by atoms with E-state index in [0.29, 0.717) is 24.2 Å². The summed E-state index contributed by atoms with van der Waals surface area (Å²) in [5.74, 6) is 2.62. The minimum atomic E-state index is -0.518. The lowest BCUT2D eigenvalue weighted by atomic mass is 10.1. The van der Waals surface area contributed by atoms with Crippen molar-refractivity contribution in [3.05, 3.63) is 30.1 Å². The number of H-pyrrole nitrogens is 1. The van der Waals surface area contributed by atoms with Crippen LogP contribution in [-0.2, 0) is 4.74 Å². The summed E-state index contributed by atoms with van der Waals surface area (Å²) in [5.41, 5.74) is 2.36. The lowest BCUT2D eigenvalue weighted by Gasteiger charge is -2.22. The first-order chi connectivity index (χ1) is 14.7. The van der Waals surface area contributed by atoms with Crippen molar-refractivity contribution in [2.75, 3.05) is 23.3 Å². The normalized spacial score (nSPS) is 18.7. The molecule has 1 saturated carbocycles. The number of rotatable bonds is 6. The molecule has 4 rings (SSSR count). The van der Waals surface area contributed by atoms with Gasteiger partial charge in [0.1, 0.15) is 11.4 Å². The summed E-state index contributed by atoms with van der Waals surface area (Å²) < 4.78 is 5.36. The second kappa shape index (κ2) is 8.20. The summed E-state index contributed by atoms with van der Waals surface area (Å²) in [7, 11) is 0. The predicted molar refractivity (Wildman–Crippen MR) is 121 cm³/mol. The van der Waals surface area contributed by atoms with E-state index in [4.69, 9.17) is 9.72 Å². The number of carbonyl (C=O) groups is 1. The number of aromatic nitrogens is 4. The third kappa shape index (κ3) is 5.34. The molecule has 1 amide bonds. The van der Waals surface area contributed by atoms with Crippen LogP contribution < -0.4 is 15.5 Å². The second-order valence-corrected chi connectivity index (χ2v) is 9.40. The van der Waals surface area contributed by atoms with Gasteiger partial charge in [0.15, 0.2) is 5.82 Å². The van der Waals surface area contributed by atoms with Crippen LogP contribution in [0.3, 0.4) is 0 Å². The number of amides is 1. The molecule has 2 fully saturated rings. The van der Waals surface area contributed by atoms with Gasteiger partial charge in [-0.15, -0.1) is 0 Å². The van der Waals surface area contributed by atoms with Gasteiger partial charge in [-0.2, -0.15) is 10.1 Å². The summed E-state index contributed by atoms with van der Waals surface area (Å²) in [4.78, 5) is 23.4. The van der Waals surface area contributed by atoms with Gasteiger partial charge in [-0.3, -0.25) is 5.10 Å². The Morgan fingerprint density at radius 3 is 2.77 bits per heavy atom. The highest BCUT2D eigenvalue weighted by molar-refractivity contribution is 5.74. The number of ether oxygens (including phenoxy) is 1. The Kier molecular flexibility index (Phi) is 5.60. The fraction of sp³-hybridized carbons (Fsp3) is 0.545. The molecule has 0 spiro atoms. The Bertz CT molecular complexity index is 974. The van der Waals surface area contributed by atoms with E-state index in [0.717, 1.165) is 35.6 Å². The van der Waals surface area contributed by atoms with E-state index in [1.54, 1.807) is 6.20 Å². The molecular formula is C22H31N7O2. The fourth-order valence-corrected chi connectivity index (χ4v) is 3.59. The van der Waals surface area contributed by atoms with Gasteiger partial charge in [-0.25, -0.2) is 9.78 Å². The Hall–Kier alpha value is -3.10. The van der Waals surface area contributed by atoms with Crippen LogP contribution in [0.25, 0.3) is 5.57 Å². The second-order valence-electron chi connectivity index (χ2n) is 9.40. The number of anilines is 3. The van der Waals surface area contributed by atoms with E-state index >= 15 is 0 Å². The number of hydrogen-bond acceptors (Lipinski definition) is 7. The molecule has 0 bridgehead atoms. The summed E-state index contributed by atoms with van der Waals surface area (Å²) in [5, 5.41) is 13.7. The lowest BCUT2D eigenvalue weighted by Crippen LogP contribution is -2.40. The van der Waals surface area contributed by atoms with Crippen molar-refractivity contribution >= 4 is 29.3 Å². The summed E-state index contributed by atoms with van der Waals surface area (Å²) in [6, 6.07) is 2.03. The SMILES string of the molecule is C=C(C)c1cnc(N2CCC(NC(=O)OC(C)(C)C)C2)nc1Nc1cc(C2CC2)[nH]n1. The Morgan fingerprint density at radius 2 is 2.10 bits per heavy atom. The Morgan fingerprint density at radius 1 is 1.32 bits per heavy atom. The zero-order valence-corrected chi connectivity index (χ0v) is 18.7. The van der Waals surface area contributed by atoms with Crippen molar-refractivity contribution in [3.8, 4) is 0 Å². The topological polar surface area (TPSA) is 108 Å². The molecule has 1 aliphatic heterocycles. The van der Waals surface area contributed by atoms with Crippen LogP contribution in [0.5, 0.6) is 0 Å². The molecule has 0 radical (unpaired) electrons. The highest BCUT2D eigenvalue weighted by Gasteiger charge is 2.28. The average Bonchev–Trinajstić information content (AvgIpc) is 3.24. The van der Waals surface area contributed by atoms with Crippen LogP contribution in [0, 0.1) is 0 Å². The highest BCUT2D eigenvalue weighted by Crippen LogP contribution is 2.39. The molecule has 2 aromatic rings. The molecule has 9 heteroatoms. The van der Waals surface area contributed by atoms with Crippen molar-refractivity contribution < 1.29 is 9.53 Å². The molecule has 1 unspecified atom stereocenters. The standard InChI is InChI=1S/C22H31N7O2/c1-13(2)16-11-23-20(26-19(16)25-18-10-17(27-28-18)14-6-7-14)29-9-8-15(12-29)24-21(30)31-22(3,4)5/h10-11,14-15H,1,6-9,12H2,2-5H3,(H,24,30)(H2,23,25,26,27,28). The zero-order chi connectivity index (χ0) is 22.2.